The first-order valence-electron chi connectivity index (χ1n) is 5.89. The monoisotopic (exact) mass is 253 g/mol. The van der Waals surface area contributed by atoms with Crippen LogP contribution in [0.2, 0.25) is 0 Å². The zero-order valence-corrected chi connectivity index (χ0v) is 11.1. The van der Waals surface area contributed by atoms with Crippen LogP contribution < -0.4 is 5.73 Å². The SMILES string of the molecule is CCN(CC(=O)N(C)C)Cc1cc(N)cc(F)c1. The lowest BCUT2D eigenvalue weighted by Crippen LogP contribution is -2.36. The third kappa shape index (κ3) is 4.33. The van der Waals surface area contributed by atoms with E-state index in [4.69, 9.17) is 5.73 Å². The Morgan fingerprint density at radius 3 is 2.50 bits per heavy atom. The lowest BCUT2D eigenvalue weighted by Gasteiger charge is -2.22. The third-order valence-corrected chi connectivity index (χ3v) is 2.69. The van der Waals surface area contributed by atoms with Crippen LogP contribution in [0.15, 0.2) is 18.2 Å². The minimum atomic E-state index is -0.347. The summed E-state index contributed by atoms with van der Waals surface area (Å²) in [5, 5.41) is 0. The van der Waals surface area contributed by atoms with Gasteiger partial charge in [-0.1, -0.05) is 6.92 Å². The van der Waals surface area contributed by atoms with Gasteiger partial charge in [0.05, 0.1) is 6.54 Å². The van der Waals surface area contributed by atoms with Crippen LogP contribution in [-0.4, -0.2) is 42.9 Å². The van der Waals surface area contributed by atoms with Gasteiger partial charge in [0, 0.05) is 26.3 Å². The second kappa shape index (κ2) is 6.35. The molecule has 0 aliphatic heterocycles. The molecule has 0 unspecified atom stereocenters. The molecular formula is C13H20FN3O. The molecular weight excluding hydrogens is 233 g/mol. The van der Waals surface area contributed by atoms with E-state index in [0.29, 0.717) is 18.8 Å². The minimum Gasteiger partial charge on any atom is -0.399 e. The zero-order chi connectivity index (χ0) is 13.7. The number of anilines is 1. The predicted molar refractivity (Wildman–Crippen MR) is 70.5 cm³/mol. The van der Waals surface area contributed by atoms with Crippen molar-refractivity contribution < 1.29 is 9.18 Å². The Morgan fingerprint density at radius 2 is 2.00 bits per heavy atom. The number of carbonyl (C=O) groups is 1. The van der Waals surface area contributed by atoms with Crippen LogP contribution in [0, 0.1) is 5.82 Å². The number of nitrogen functional groups attached to an aromatic ring is 1. The molecule has 0 spiro atoms. The fourth-order valence-electron chi connectivity index (χ4n) is 1.64. The molecule has 5 heteroatoms. The van der Waals surface area contributed by atoms with Crippen molar-refractivity contribution in [2.24, 2.45) is 0 Å². The van der Waals surface area contributed by atoms with Crippen molar-refractivity contribution in [1.29, 1.82) is 0 Å². The summed E-state index contributed by atoms with van der Waals surface area (Å²) in [6.07, 6.45) is 0. The largest absolute Gasteiger partial charge is 0.399 e. The summed E-state index contributed by atoms with van der Waals surface area (Å²) >= 11 is 0. The van der Waals surface area contributed by atoms with Gasteiger partial charge < -0.3 is 10.6 Å². The quantitative estimate of drug-likeness (QED) is 0.805. The number of amides is 1. The average molecular weight is 253 g/mol. The van der Waals surface area contributed by atoms with Crippen molar-refractivity contribution in [2.45, 2.75) is 13.5 Å². The van der Waals surface area contributed by atoms with Crippen LogP contribution in [0.25, 0.3) is 0 Å². The number of benzene rings is 1. The molecule has 1 aromatic rings. The maximum Gasteiger partial charge on any atom is 0.236 e. The van der Waals surface area contributed by atoms with Crippen molar-refractivity contribution in [3.05, 3.63) is 29.6 Å². The van der Waals surface area contributed by atoms with Gasteiger partial charge in [-0.15, -0.1) is 0 Å². The normalized spacial score (nSPS) is 10.7. The Kier molecular flexibility index (Phi) is 5.09. The Hall–Kier alpha value is -1.62. The van der Waals surface area contributed by atoms with E-state index in [2.05, 4.69) is 0 Å². The molecule has 0 atom stereocenters. The average Bonchev–Trinajstić information content (AvgIpc) is 2.26. The molecule has 4 nitrogen and oxygen atoms in total. The molecule has 0 saturated carbocycles. The number of halogens is 1. The summed E-state index contributed by atoms with van der Waals surface area (Å²) < 4.78 is 13.2. The highest BCUT2D eigenvalue weighted by Crippen LogP contribution is 2.13. The summed E-state index contributed by atoms with van der Waals surface area (Å²) in [6, 6.07) is 4.45. The Morgan fingerprint density at radius 1 is 1.33 bits per heavy atom. The minimum absolute atomic E-state index is 0.0289. The molecule has 0 heterocycles. The van der Waals surface area contributed by atoms with Crippen molar-refractivity contribution in [3.63, 3.8) is 0 Å². The first-order valence-corrected chi connectivity index (χ1v) is 5.89. The van der Waals surface area contributed by atoms with Gasteiger partial charge in [0.15, 0.2) is 0 Å². The first-order chi connectivity index (χ1) is 8.42. The lowest BCUT2D eigenvalue weighted by atomic mass is 10.2. The van der Waals surface area contributed by atoms with E-state index in [1.807, 2.05) is 11.8 Å². The molecule has 2 N–H and O–H groups in total. The second-order valence-electron chi connectivity index (χ2n) is 4.48. The number of hydrogen-bond acceptors (Lipinski definition) is 3. The van der Waals surface area contributed by atoms with Gasteiger partial charge >= 0.3 is 0 Å². The molecule has 18 heavy (non-hydrogen) atoms. The number of nitrogens with two attached hydrogens (primary N) is 1. The molecule has 0 saturated heterocycles. The fourth-order valence-corrected chi connectivity index (χ4v) is 1.64. The molecule has 0 aromatic heterocycles. The summed E-state index contributed by atoms with van der Waals surface area (Å²) in [5.41, 5.74) is 6.77. The third-order valence-electron chi connectivity index (χ3n) is 2.69. The topological polar surface area (TPSA) is 49.6 Å². The number of carbonyl (C=O) groups excluding carboxylic acids is 1. The maximum absolute atomic E-state index is 13.2. The summed E-state index contributed by atoms with van der Waals surface area (Å²) in [5.74, 6) is -0.318. The van der Waals surface area contributed by atoms with Gasteiger partial charge in [-0.05, 0) is 30.3 Å². The molecule has 0 aliphatic rings. The van der Waals surface area contributed by atoms with Crippen molar-refractivity contribution >= 4 is 11.6 Å². The fraction of sp³-hybridized carbons (Fsp3) is 0.462. The van der Waals surface area contributed by atoms with Gasteiger partial charge in [0.1, 0.15) is 5.82 Å². The van der Waals surface area contributed by atoms with Gasteiger partial charge in [-0.3, -0.25) is 9.69 Å². The Bertz CT molecular complexity index is 400. The highest BCUT2D eigenvalue weighted by Gasteiger charge is 2.11. The van der Waals surface area contributed by atoms with Crippen LogP contribution in [0.5, 0.6) is 0 Å². The van der Waals surface area contributed by atoms with E-state index in [-0.39, 0.29) is 11.7 Å². The van der Waals surface area contributed by atoms with E-state index in [1.165, 1.54) is 12.1 Å². The lowest BCUT2D eigenvalue weighted by molar-refractivity contribution is -0.130. The predicted octanol–water partition coefficient (Wildman–Crippen LogP) is 1.32. The van der Waals surface area contributed by atoms with Crippen LogP contribution in [0.3, 0.4) is 0 Å². The van der Waals surface area contributed by atoms with Gasteiger partial charge in [0.2, 0.25) is 5.91 Å². The number of rotatable bonds is 5. The highest BCUT2D eigenvalue weighted by molar-refractivity contribution is 5.77. The molecule has 100 valence electrons. The number of nitrogens with zero attached hydrogens (tertiary/aromatic N) is 2. The summed E-state index contributed by atoms with van der Waals surface area (Å²) in [4.78, 5) is 15.1. The number of hydrogen-bond donors (Lipinski definition) is 1. The molecule has 1 rings (SSSR count). The van der Waals surface area contributed by atoms with Gasteiger partial charge in [-0.2, -0.15) is 0 Å². The Labute approximate surface area is 107 Å². The van der Waals surface area contributed by atoms with Gasteiger partial charge in [-0.25, -0.2) is 4.39 Å². The van der Waals surface area contributed by atoms with Crippen LogP contribution in [-0.2, 0) is 11.3 Å². The van der Waals surface area contributed by atoms with Crippen molar-refractivity contribution in [2.75, 3.05) is 32.9 Å². The first kappa shape index (κ1) is 14.4. The summed E-state index contributed by atoms with van der Waals surface area (Å²) in [6.45, 7) is 3.51. The van der Waals surface area contributed by atoms with E-state index in [0.717, 1.165) is 12.1 Å². The van der Waals surface area contributed by atoms with E-state index >= 15 is 0 Å². The molecule has 1 amide bonds. The second-order valence-corrected chi connectivity index (χ2v) is 4.48. The van der Waals surface area contributed by atoms with E-state index in [1.54, 1.807) is 25.1 Å². The van der Waals surface area contributed by atoms with Crippen LogP contribution >= 0.6 is 0 Å². The molecule has 0 radical (unpaired) electrons. The standard InChI is InChI=1S/C13H20FN3O/c1-4-17(9-13(18)16(2)3)8-10-5-11(14)7-12(15)6-10/h5-7H,4,8-9,15H2,1-3H3. The molecule has 0 aliphatic carbocycles. The molecule has 0 bridgehead atoms. The number of likely N-dealkylation sites (N-methyl/N-ethyl adjacent to an activating group) is 2. The maximum atomic E-state index is 13.2. The van der Waals surface area contributed by atoms with E-state index < -0.39 is 0 Å². The van der Waals surface area contributed by atoms with Crippen molar-refractivity contribution in [1.82, 2.24) is 9.80 Å². The summed E-state index contributed by atoms with van der Waals surface area (Å²) in [7, 11) is 3.44. The molecule has 1 aromatic carbocycles. The van der Waals surface area contributed by atoms with Gasteiger partial charge in [0.25, 0.3) is 0 Å². The van der Waals surface area contributed by atoms with E-state index in [9.17, 15) is 9.18 Å². The molecule has 0 fully saturated rings. The Balaban J connectivity index is 2.70. The van der Waals surface area contributed by atoms with Crippen LogP contribution in [0.4, 0.5) is 10.1 Å². The van der Waals surface area contributed by atoms with Crippen LogP contribution in [0.1, 0.15) is 12.5 Å². The van der Waals surface area contributed by atoms with Crippen molar-refractivity contribution in [3.8, 4) is 0 Å². The zero-order valence-electron chi connectivity index (χ0n) is 11.1. The smallest absolute Gasteiger partial charge is 0.236 e. The highest BCUT2D eigenvalue weighted by atomic mass is 19.1.